The van der Waals surface area contributed by atoms with Gasteiger partial charge in [0.1, 0.15) is 6.61 Å². The van der Waals surface area contributed by atoms with Gasteiger partial charge in [0.2, 0.25) is 0 Å². The van der Waals surface area contributed by atoms with Gasteiger partial charge in [-0.1, -0.05) is 54.1 Å². The monoisotopic (exact) mass is 420 g/mol. The van der Waals surface area contributed by atoms with Gasteiger partial charge in [0.25, 0.3) is 0 Å². The van der Waals surface area contributed by atoms with Crippen molar-refractivity contribution in [2.24, 2.45) is 5.73 Å². The number of rotatable bonds is 4. The average Bonchev–Trinajstić information content (AvgIpc) is 3.10. The van der Waals surface area contributed by atoms with Crippen LogP contribution in [0.4, 0.5) is 4.79 Å². The van der Waals surface area contributed by atoms with Crippen LogP contribution >= 0.6 is 24.0 Å². The zero-order chi connectivity index (χ0) is 18.9. The summed E-state index contributed by atoms with van der Waals surface area (Å²) in [6.45, 7) is 1.02. The van der Waals surface area contributed by atoms with E-state index in [4.69, 9.17) is 22.1 Å². The first-order chi connectivity index (χ1) is 13.1. The lowest BCUT2D eigenvalue weighted by molar-refractivity contribution is 0.117. The molecule has 0 aromatic heterocycles. The van der Waals surface area contributed by atoms with Gasteiger partial charge in [0, 0.05) is 23.0 Å². The third kappa shape index (κ3) is 3.86. The van der Waals surface area contributed by atoms with Gasteiger partial charge in [0.05, 0.1) is 6.04 Å². The second kappa shape index (κ2) is 8.73. The van der Waals surface area contributed by atoms with E-state index < -0.39 is 0 Å². The van der Waals surface area contributed by atoms with Crippen LogP contribution in [-0.2, 0) is 10.2 Å². The second-order valence-electron chi connectivity index (χ2n) is 7.64. The first-order valence-corrected chi connectivity index (χ1v) is 9.97. The molecule has 1 heterocycles. The van der Waals surface area contributed by atoms with E-state index in [2.05, 4.69) is 18.2 Å². The molecule has 0 spiro atoms. The topological polar surface area (TPSA) is 55.6 Å². The summed E-state index contributed by atoms with van der Waals surface area (Å²) >= 11 is 6.21. The Morgan fingerprint density at radius 3 is 2.46 bits per heavy atom. The zero-order valence-corrected chi connectivity index (χ0v) is 17.3. The summed E-state index contributed by atoms with van der Waals surface area (Å²) in [6.07, 6.45) is 3.53. The van der Waals surface area contributed by atoms with Gasteiger partial charge >= 0.3 is 6.09 Å². The van der Waals surface area contributed by atoms with E-state index in [1.807, 2.05) is 41.3 Å². The zero-order valence-electron chi connectivity index (χ0n) is 15.7. The number of hydrogen-bond acceptors (Lipinski definition) is 3. The second-order valence-corrected chi connectivity index (χ2v) is 8.07. The molecule has 1 aliphatic heterocycles. The summed E-state index contributed by atoms with van der Waals surface area (Å²) in [5, 5.41) is 0.745. The molecule has 1 amide bonds. The summed E-state index contributed by atoms with van der Waals surface area (Å²) < 4.78 is 5.41. The molecule has 2 aliphatic rings. The summed E-state index contributed by atoms with van der Waals surface area (Å²) in [5.41, 5.74) is 8.50. The van der Waals surface area contributed by atoms with Crippen molar-refractivity contribution in [3.63, 3.8) is 0 Å². The van der Waals surface area contributed by atoms with Gasteiger partial charge in [-0.05, 0) is 48.9 Å². The van der Waals surface area contributed by atoms with Crippen molar-refractivity contribution in [2.75, 3.05) is 13.2 Å². The third-order valence-electron chi connectivity index (χ3n) is 6.23. The minimum Gasteiger partial charge on any atom is -0.447 e. The van der Waals surface area contributed by atoms with Crippen molar-refractivity contribution >= 4 is 30.1 Å². The van der Waals surface area contributed by atoms with Crippen LogP contribution in [0.1, 0.15) is 42.9 Å². The molecule has 0 radical (unpaired) electrons. The van der Waals surface area contributed by atoms with E-state index >= 15 is 0 Å². The number of cyclic esters (lactones) is 1. The molecule has 1 saturated carbocycles. The third-order valence-corrected chi connectivity index (χ3v) is 6.46. The van der Waals surface area contributed by atoms with Crippen molar-refractivity contribution in [1.82, 2.24) is 4.90 Å². The Kier molecular flexibility index (Phi) is 6.54. The molecule has 2 fully saturated rings. The van der Waals surface area contributed by atoms with Crippen LogP contribution in [0.2, 0.25) is 5.02 Å². The Morgan fingerprint density at radius 2 is 1.82 bits per heavy atom. The highest BCUT2D eigenvalue weighted by molar-refractivity contribution is 6.30. The smallest absolute Gasteiger partial charge is 0.410 e. The van der Waals surface area contributed by atoms with Crippen LogP contribution in [-0.4, -0.2) is 30.2 Å². The minimum atomic E-state index is -0.197. The predicted octanol–water partition coefficient (Wildman–Crippen LogP) is 5.09. The Labute approximate surface area is 177 Å². The van der Waals surface area contributed by atoms with Gasteiger partial charge in [-0.2, -0.15) is 0 Å². The normalized spacial score (nSPS) is 27.2. The number of hydrogen-bond donors (Lipinski definition) is 1. The van der Waals surface area contributed by atoms with Gasteiger partial charge < -0.3 is 10.5 Å². The number of ether oxygens (including phenoxy) is 1. The van der Waals surface area contributed by atoms with E-state index in [0.717, 1.165) is 36.3 Å². The van der Waals surface area contributed by atoms with Crippen LogP contribution in [0.5, 0.6) is 0 Å². The lowest BCUT2D eigenvalue weighted by Gasteiger charge is -2.43. The van der Waals surface area contributed by atoms with E-state index in [-0.39, 0.29) is 36.0 Å². The van der Waals surface area contributed by atoms with E-state index in [1.54, 1.807) is 0 Å². The molecule has 6 heteroatoms. The molecule has 1 unspecified atom stereocenters. The summed E-state index contributed by atoms with van der Waals surface area (Å²) in [4.78, 5) is 14.4. The highest BCUT2D eigenvalue weighted by Crippen LogP contribution is 2.43. The number of nitrogens with zero attached hydrogens (tertiary/aromatic N) is 1. The first-order valence-electron chi connectivity index (χ1n) is 9.59. The van der Waals surface area contributed by atoms with Crippen molar-refractivity contribution in [3.8, 4) is 0 Å². The number of amides is 1. The summed E-state index contributed by atoms with van der Waals surface area (Å²) in [6, 6.07) is 18.4. The molecule has 4 nitrogen and oxygen atoms in total. The van der Waals surface area contributed by atoms with Crippen LogP contribution < -0.4 is 5.73 Å². The highest BCUT2D eigenvalue weighted by atomic mass is 35.5. The van der Waals surface area contributed by atoms with Crippen molar-refractivity contribution in [2.45, 2.75) is 43.2 Å². The molecule has 1 atom stereocenters. The Morgan fingerprint density at radius 1 is 1.11 bits per heavy atom. The van der Waals surface area contributed by atoms with E-state index in [0.29, 0.717) is 13.2 Å². The minimum absolute atomic E-state index is 0. The quantitative estimate of drug-likeness (QED) is 0.748. The molecule has 150 valence electrons. The van der Waals surface area contributed by atoms with Crippen molar-refractivity contribution in [3.05, 3.63) is 70.7 Å². The van der Waals surface area contributed by atoms with Crippen LogP contribution in [0.3, 0.4) is 0 Å². The fourth-order valence-corrected chi connectivity index (χ4v) is 4.82. The molecule has 1 aliphatic carbocycles. The van der Waals surface area contributed by atoms with Gasteiger partial charge in [-0.25, -0.2) is 4.79 Å². The number of benzene rings is 2. The number of halogens is 2. The van der Waals surface area contributed by atoms with Gasteiger partial charge in [-0.3, -0.25) is 4.90 Å². The Bertz CT molecular complexity index is 807. The largest absolute Gasteiger partial charge is 0.447 e. The maximum Gasteiger partial charge on any atom is 0.410 e. The van der Waals surface area contributed by atoms with E-state index in [1.165, 1.54) is 5.56 Å². The fraction of sp³-hybridized carbons (Fsp3) is 0.409. The summed E-state index contributed by atoms with van der Waals surface area (Å²) in [7, 11) is 0. The predicted molar refractivity (Wildman–Crippen MR) is 114 cm³/mol. The number of nitrogens with two attached hydrogens (primary N) is 1. The van der Waals surface area contributed by atoms with Crippen molar-refractivity contribution < 1.29 is 9.53 Å². The standard InChI is InChI=1S/C22H25ClN2O2.ClH/c23-18-8-4-7-17(13-18)22(15-24)11-9-19(10-12-22)25-20(14-27-21(25)26)16-5-2-1-3-6-16;/h1-8,13,19-20H,9-12,14-15,24H2;1H. The van der Waals surface area contributed by atoms with Gasteiger partial charge in [0.15, 0.2) is 0 Å². The van der Waals surface area contributed by atoms with Gasteiger partial charge in [-0.15, -0.1) is 12.4 Å². The van der Waals surface area contributed by atoms with E-state index in [9.17, 15) is 4.79 Å². The molecule has 4 rings (SSSR count). The molecule has 2 aromatic rings. The van der Waals surface area contributed by atoms with Crippen LogP contribution in [0, 0.1) is 0 Å². The van der Waals surface area contributed by atoms with Crippen molar-refractivity contribution in [1.29, 1.82) is 0 Å². The SMILES string of the molecule is Cl.NCC1(c2cccc(Cl)c2)CCC(N2C(=O)OCC2c2ccccc2)CC1. The lowest BCUT2D eigenvalue weighted by Crippen LogP contribution is -2.46. The van der Waals surface area contributed by atoms with Crippen LogP contribution in [0.15, 0.2) is 54.6 Å². The molecular weight excluding hydrogens is 395 g/mol. The van der Waals surface area contributed by atoms with Crippen LogP contribution in [0.25, 0.3) is 0 Å². The molecule has 1 saturated heterocycles. The lowest BCUT2D eigenvalue weighted by atomic mass is 9.68. The molecule has 28 heavy (non-hydrogen) atoms. The maximum atomic E-state index is 12.5. The molecule has 2 N–H and O–H groups in total. The Balaban J connectivity index is 0.00000225. The summed E-state index contributed by atoms with van der Waals surface area (Å²) in [5.74, 6) is 0. The fourth-order valence-electron chi connectivity index (χ4n) is 4.63. The molecule has 2 aromatic carbocycles. The average molecular weight is 421 g/mol. The highest BCUT2D eigenvalue weighted by Gasteiger charge is 2.44. The Hall–Kier alpha value is -1.75. The molecular formula is C22H26Cl2N2O2. The maximum absolute atomic E-state index is 12.5. The number of carbonyl (C=O) groups excluding carboxylic acids is 1. The number of carbonyl (C=O) groups is 1. The first kappa shape index (κ1) is 21.0. The molecule has 0 bridgehead atoms.